The highest BCUT2D eigenvalue weighted by Crippen LogP contribution is 2.18. The first kappa shape index (κ1) is 22.7. The van der Waals surface area contributed by atoms with E-state index < -0.39 is 5.82 Å². The number of nitrogens with zero attached hydrogens (tertiary/aromatic N) is 1. The van der Waals surface area contributed by atoms with Crippen molar-refractivity contribution in [2.75, 3.05) is 5.73 Å². The molecule has 0 bridgehead atoms. The molecule has 0 aliphatic heterocycles. The van der Waals surface area contributed by atoms with E-state index >= 15 is 0 Å². The van der Waals surface area contributed by atoms with Gasteiger partial charge in [0.2, 0.25) is 0 Å². The van der Waals surface area contributed by atoms with Crippen molar-refractivity contribution < 1.29 is 9.18 Å². The second-order valence-corrected chi connectivity index (χ2v) is 5.98. The fraction of sp³-hybridized carbons (Fsp3) is 0.0526. The first-order valence-electron chi connectivity index (χ1n) is 7.60. The zero-order chi connectivity index (χ0) is 18.9. The predicted octanol–water partition coefficient (Wildman–Crippen LogP) is 5.15. The maximum atomic E-state index is 12.5. The van der Waals surface area contributed by atoms with Crippen LogP contribution in [0, 0.1) is 5.82 Å². The number of hydrogen-bond acceptors (Lipinski definition) is 3. The van der Waals surface area contributed by atoms with Gasteiger partial charge in [-0.2, -0.15) is 0 Å². The number of rotatable bonds is 3. The SMILES string of the molecule is Cl.Nc1cccc(Cl)c1F.O=C(NCc1ccccc1)c1ccc(Cl)nc1. The van der Waals surface area contributed by atoms with Gasteiger partial charge in [-0.1, -0.05) is 59.6 Å². The Balaban J connectivity index is 0.000000310. The third-order valence-electron chi connectivity index (χ3n) is 3.27. The van der Waals surface area contributed by atoms with E-state index in [9.17, 15) is 9.18 Å². The topological polar surface area (TPSA) is 68.0 Å². The van der Waals surface area contributed by atoms with E-state index in [1.807, 2.05) is 30.3 Å². The van der Waals surface area contributed by atoms with Gasteiger partial charge < -0.3 is 11.1 Å². The van der Waals surface area contributed by atoms with Gasteiger partial charge in [-0.25, -0.2) is 9.37 Å². The Labute approximate surface area is 172 Å². The number of carbonyl (C=O) groups excluding carboxylic acids is 1. The highest BCUT2D eigenvalue weighted by molar-refractivity contribution is 6.31. The molecule has 1 aromatic heterocycles. The van der Waals surface area contributed by atoms with E-state index in [1.54, 1.807) is 18.2 Å². The quantitative estimate of drug-likeness (QED) is 0.448. The Kier molecular flexibility index (Phi) is 9.58. The van der Waals surface area contributed by atoms with Gasteiger partial charge in [0.05, 0.1) is 16.3 Å². The number of nitrogens with two attached hydrogens (primary N) is 1. The number of benzene rings is 2. The summed E-state index contributed by atoms with van der Waals surface area (Å²) in [5.41, 5.74) is 6.81. The molecule has 1 heterocycles. The molecular formula is C19H17Cl3FN3O. The number of anilines is 1. The summed E-state index contributed by atoms with van der Waals surface area (Å²) >= 11 is 11.0. The van der Waals surface area contributed by atoms with Crippen molar-refractivity contribution in [1.82, 2.24) is 10.3 Å². The van der Waals surface area contributed by atoms with E-state index in [0.717, 1.165) is 5.56 Å². The predicted molar refractivity (Wildman–Crippen MR) is 110 cm³/mol. The molecule has 3 N–H and O–H groups in total. The summed E-state index contributed by atoms with van der Waals surface area (Å²) in [6.45, 7) is 0.502. The molecule has 3 aromatic rings. The summed E-state index contributed by atoms with van der Waals surface area (Å²) in [4.78, 5) is 15.6. The van der Waals surface area contributed by atoms with E-state index in [0.29, 0.717) is 17.3 Å². The molecule has 0 aliphatic rings. The highest BCUT2D eigenvalue weighted by atomic mass is 35.5. The van der Waals surface area contributed by atoms with Crippen molar-refractivity contribution in [2.24, 2.45) is 0 Å². The van der Waals surface area contributed by atoms with Gasteiger partial charge in [0.25, 0.3) is 5.91 Å². The van der Waals surface area contributed by atoms with Gasteiger partial charge in [-0.05, 0) is 29.8 Å². The van der Waals surface area contributed by atoms with Gasteiger partial charge in [0.1, 0.15) is 5.15 Å². The molecule has 142 valence electrons. The second-order valence-electron chi connectivity index (χ2n) is 5.18. The lowest BCUT2D eigenvalue weighted by atomic mass is 10.2. The van der Waals surface area contributed by atoms with Crippen LogP contribution in [0.15, 0.2) is 66.9 Å². The van der Waals surface area contributed by atoms with Crippen molar-refractivity contribution in [1.29, 1.82) is 0 Å². The number of carbonyl (C=O) groups is 1. The van der Waals surface area contributed by atoms with Crippen LogP contribution in [0.2, 0.25) is 10.2 Å². The molecule has 0 atom stereocenters. The van der Waals surface area contributed by atoms with Crippen molar-refractivity contribution in [3.05, 3.63) is 94.0 Å². The van der Waals surface area contributed by atoms with Crippen LogP contribution in [0.3, 0.4) is 0 Å². The van der Waals surface area contributed by atoms with Crippen LogP contribution >= 0.6 is 35.6 Å². The van der Waals surface area contributed by atoms with Crippen LogP contribution in [-0.2, 0) is 6.54 Å². The number of hydrogen-bond donors (Lipinski definition) is 2. The number of nitrogens with one attached hydrogen (secondary N) is 1. The lowest BCUT2D eigenvalue weighted by Gasteiger charge is -2.04. The molecule has 4 nitrogen and oxygen atoms in total. The summed E-state index contributed by atoms with van der Waals surface area (Å²) in [6.07, 6.45) is 1.46. The van der Waals surface area contributed by atoms with E-state index in [2.05, 4.69) is 10.3 Å². The average Bonchev–Trinajstić information content (AvgIpc) is 2.66. The third kappa shape index (κ3) is 7.43. The number of pyridine rings is 1. The lowest BCUT2D eigenvalue weighted by Crippen LogP contribution is -2.22. The summed E-state index contributed by atoms with van der Waals surface area (Å²) in [7, 11) is 0. The molecule has 1 amide bonds. The highest BCUT2D eigenvalue weighted by Gasteiger charge is 2.05. The molecule has 27 heavy (non-hydrogen) atoms. The van der Waals surface area contributed by atoms with Gasteiger partial charge in [0, 0.05) is 12.7 Å². The first-order chi connectivity index (χ1) is 12.5. The minimum absolute atomic E-state index is 0. The molecule has 0 aliphatic carbocycles. The number of amides is 1. The van der Waals surface area contributed by atoms with E-state index in [1.165, 1.54) is 18.3 Å². The molecule has 0 radical (unpaired) electrons. The van der Waals surface area contributed by atoms with Gasteiger partial charge >= 0.3 is 0 Å². The number of nitrogen functional groups attached to an aromatic ring is 1. The standard InChI is InChI=1S/C13H11ClN2O.C6H5ClFN.ClH/c14-12-7-6-11(9-15-12)13(17)16-8-10-4-2-1-3-5-10;7-4-2-1-3-5(9)6(4)8;/h1-7,9H,8H2,(H,16,17);1-3H,9H2;1H. The van der Waals surface area contributed by atoms with Crippen molar-refractivity contribution in [3.8, 4) is 0 Å². The smallest absolute Gasteiger partial charge is 0.253 e. The first-order valence-corrected chi connectivity index (χ1v) is 8.36. The Morgan fingerprint density at radius 2 is 1.74 bits per heavy atom. The molecule has 0 saturated carbocycles. The minimum Gasteiger partial charge on any atom is -0.396 e. The summed E-state index contributed by atoms with van der Waals surface area (Å²) in [6, 6.07) is 17.5. The van der Waals surface area contributed by atoms with Crippen LogP contribution in [0.5, 0.6) is 0 Å². The van der Waals surface area contributed by atoms with Crippen LogP contribution in [0.25, 0.3) is 0 Å². The molecule has 2 aromatic carbocycles. The molecule has 0 unspecified atom stereocenters. The zero-order valence-corrected chi connectivity index (χ0v) is 16.4. The molecule has 0 fully saturated rings. The Bertz CT molecular complexity index is 842. The maximum Gasteiger partial charge on any atom is 0.253 e. The zero-order valence-electron chi connectivity index (χ0n) is 14.0. The summed E-state index contributed by atoms with van der Waals surface area (Å²) < 4.78 is 12.5. The Morgan fingerprint density at radius 3 is 2.30 bits per heavy atom. The summed E-state index contributed by atoms with van der Waals surface area (Å²) in [5, 5.41) is 3.26. The van der Waals surface area contributed by atoms with Crippen LogP contribution in [-0.4, -0.2) is 10.9 Å². The fourth-order valence-electron chi connectivity index (χ4n) is 1.91. The summed E-state index contributed by atoms with van der Waals surface area (Å²) in [5.74, 6) is -0.697. The largest absolute Gasteiger partial charge is 0.396 e. The third-order valence-corrected chi connectivity index (χ3v) is 3.78. The van der Waals surface area contributed by atoms with Crippen LogP contribution < -0.4 is 11.1 Å². The van der Waals surface area contributed by atoms with E-state index in [4.69, 9.17) is 28.9 Å². The monoisotopic (exact) mass is 427 g/mol. The van der Waals surface area contributed by atoms with Gasteiger partial charge in [0.15, 0.2) is 5.82 Å². The van der Waals surface area contributed by atoms with Crippen molar-refractivity contribution in [3.63, 3.8) is 0 Å². The van der Waals surface area contributed by atoms with Gasteiger partial charge in [-0.3, -0.25) is 4.79 Å². The lowest BCUT2D eigenvalue weighted by molar-refractivity contribution is 0.0950. The van der Waals surface area contributed by atoms with Crippen LogP contribution in [0.4, 0.5) is 10.1 Å². The number of halogens is 4. The molecule has 0 spiro atoms. The van der Waals surface area contributed by atoms with Crippen molar-refractivity contribution in [2.45, 2.75) is 6.54 Å². The molecule has 3 rings (SSSR count). The number of aromatic nitrogens is 1. The average molecular weight is 429 g/mol. The maximum absolute atomic E-state index is 12.5. The Morgan fingerprint density at radius 1 is 1.04 bits per heavy atom. The molecule has 0 saturated heterocycles. The Hall–Kier alpha value is -2.34. The van der Waals surface area contributed by atoms with Crippen molar-refractivity contribution >= 4 is 47.2 Å². The minimum atomic E-state index is -0.542. The van der Waals surface area contributed by atoms with Gasteiger partial charge in [-0.15, -0.1) is 12.4 Å². The molecular weight excluding hydrogens is 412 g/mol. The normalized spacial score (nSPS) is 9.44. The van der Waals surface area contributed by atoms with E-state index in [-0.39, 0.29) is 29.0 Å². The molecule has 8 heteroatoms. The second kappa shape index (κ2) is 11.4. The fourth-order valence-corrected chi connectivity index (χ4v) is 2.20. The van der Waals surface area contributed by atoms with Crippen LogP contribution in [0.1, 0.15) is 15.9 Å².